The van der Waals surface area contributed by atoms with Crippen LogP contribution in [0.1, 0.15) is 12.8 Å². The number of nitrogens with zero attached hydrogens (tertiary/aromatic N) is 2. The van der Waals surface area contributed by atoms with Gasteiger partial charge in [-0.05, 0) is 35.3 Å². The molecule has 1 unspecified atom stereocenters. The molecule has 0 spiro atoms. The maximum absolute atomic E-state index is 5.44. The lowest BCUT2D eigenvalue weighted by Gasteiger charge is -2.09. The van der Waals surface area contributed by atoms with Crippen molar-refractivity contribution in [2.24, 2.45) is 0 Å². The highest BCUT2D eigenvalue weighted by molar-refractivity contribution is 9.10. The molecule has 4 nitrogen and oxygen atoms in total. The minimum Gasteiger partial charge on any atom is -0.462 e. The molecule has 6 heteroatoms. The maximum Gasteiger partial charge on any atom is 0.316 e. The number of hydrogen-bond acceptors (Lipinski definition) is 4. The van der Waals surface area contributed by atoms with Gasteiger partial charge in [-0.1, -0.05) is 0 Å². The predicted molar refractivity (Wildman–Crippen MR) is 63.5 cm³/mol. The number of halogens is 2. The lowest BCUT2D eigenvalue weighted by Crippen LogP contribution is -2.28. The van der Waals surface area contributed by atoms with Gasteiger partial charge in [-0.3, -0.25) is 0 Å². The number of ether oxygens (including phenoxy) is 1. The van der Waals surface area contributed by atoms with Gasteiger partial charge < -0.3 is 10.1 Å². The fourth-order valence-electron chi connectivity index (χ4n) is 1.45. The molecule has 1 aromatic rings. The molecule has 1 aromatic heterocycles. The molecule has 84 valence electrons. The van der Waals surface area contributed by atoms with Crippen LogP contribution in [0, 0.1) is 0 Å². The van der Waals surface area contributed by atoms with E-state index < -0.39 is 0 Å². The van der Waals surface area contributed by atoms with Crippen LogP contribution in [-0.2, 0) is 0 Å². The third-order valence-electron chi connectivity index (χ3n) is 2.17. The zero-order valence-corrected chi connectivity index (χ0v) is 10.6. The van der Waals surface area contributed by atoms with Crippen LogP contribution in [0.5, 0.6) is 6.01 Å². The van der Waals surface area contributed by atoms with Crippen molar-refractivity contribution in [3.8, 4) is 6.01 Å². The highest BCUT2D eigenvalue weighted by Gasteiger charge is 2.14. The molecule has 1 aliphatic rings. The molecule has 0 aliphatic carbocycles. The Balaban J connectivity index is 0.00000112. The first-order valence-corrected chi connectivity index (χ1v) is 5.47. The van der Waals surface area contributed by atoms with Gasteiger partial charge in [0.15, 0.2) is 0 Å². The normalized spacial score (nSPS) is 19.7. The number of rotatable bonds is 3. The van der Waals surface area contributed by atoms with Crippen LogP contribution in [0.4, 0.5) is 0 Å². The molecular weight excluding hydrogens is 281 g/mol. The van der Waals surface area contributed by atoms with E-state index in [1.165, 1.54) is 12.8 Å². The smallest absolute Gasteiger partial charge is 0.316 e. The van der Waals surface area contributed by atoms with Crippen LogP contribution in [0.3, 0.4) is 0 Å². The summed E-state index contributed by atoms with van der Waals surface area (Å²) in [4.78, 5) is 8.06. The largest absolute Gasteiger partial charge is 0.462 e. The quantitative estimate of drug-likeness (QED) is 0.923. The first-order chi connectivity index (χ1) is 6.84. The number of aromatic nitrogens is 2. The third kappa shape index (κ3) is 3.93. The van der Waals surface area contributed by atoms with Crippen molar-refractivity contribution in [2.75, 3.05) is 13.2 Å². The van der Waals surface area contributed by atoms with Crippen LogP contribution >= 0.6 is 28.3 Å². The van der Waals surface area contributed by atoms with Gasteiger partial charge in [0.05, 0.1) is 4.47 Å². The first kappa shape index (κ1) is 12.7. The SMILES string of the molecule is Brc1cnc(OCC2CCCN2)nc1.Cl. The van der Waals surface area contributed by atoms with Crippen molar-refractivity contribution in [1.82, 2.24) is 15.3 Å². The first-order valence-electron chi connectivity index (χ1n) is 4.68. The van der Waals surface area contributed by atoms with E-state index in [1.54, 1.807) is 12.4 Å². The fraction of sp³-hybridized carbons (Fsp3) is 0.556. The predicted octanol–water partition coefficient (Wildman–Crippen LogP) is 1.79. The van der Waals surface area contributed by atoms with E-state index in [1.807, 2.05) is 0 Å². The second-order valence-electron chi connectivity index (χ2n) is 3.29. The summed E-state index contributed by atoms with van der Waals surface area (Å²) in [5, 5.41) is 3.35. The Morgan fingerprint density at radius 3 is 2.80 bits per heavy atom. The van der Waals surface area contributed by atoms with Crippen LogP contribution in [0.2, 0.25) is 0 Å². The second kappa shape index (κ2) is 6.25. The monoisotopic (exact) mass is 293 g/mol. The molecule has 1 saturated heterocycles. The zero-order valence-electron chi connectivity index (χ0n) is 8.15. The van der Waals surface area contributed by atoms with E-state index in [0.29, 0.717) is 18.7 Å². The molecule has 0 bridgehead atoms. The minimum atomic E-state index is 0. The number of hydrogen-bond donors (Lipinski definition) is 1. The van der Waals surface area contributed by atoms with E-state index >= 15 is 0 Å². The topological polar surface area (TPSA) is 47.0 Å². The molecule has 0 amide bonds. The van der Waals surface area contributed by atoms with Crippen molar-refractivity contribution in [1.29, 1.82) is 0 Å². The van der Waals surface area contributed by atoms with Crippen molar-refractivity contribution < 1.29 is 4.74 Å². The average Bonchev–Trinajstić information content (AvgIpc) is 2.70. The molecule has 0 saturated carbocycles. The third-order valence-corrected chi connectivity index (χ3v) is 2.58. The summed E-state index contributed by atoms with van der Waals surface area (Å²) in [6.07, 6.45) is 5.78. The lowest BCUT2D eigenvalue weighted by atomic mass is 10.2. The molecular formula is C9H13BrClN3O. The highest BCUT2D eigenvalue weighted by atomic mass is 79.9. The Bertz CT molecular complexity index is 290. The molecule has 2 rings (SSSR count). The van der Waals surface area contributed by atoms with Crippen molar-refractivity contribution in [3.63, 3.8) is 0 Å². The molecule has 0 radical (unpaired) electrons. The van der Waals surface area contributed by atoms with E-state index in [2.05, 4.69) is 31.2 Å². The summed E-state index contributed by atoms with van der Waals surface area (Å²) in [6, 6.07) is 0.907. The van der Waals surface area contributed by atoms with Gasteiger partial charge in [-0.2, -0.15) is 0 Å². The molecule has 1 fully saturated rings. The minimum absolute atomic E-state index is 0. The van der Waals surface area contributed by atoms with Crippen LogP contribution in [-0.4, -0.2) is 29.2 Å². The highest BCUT2D eigenvalue weighted by Crippen LogP contribution is 2.10. The summed E-state index contributed by atoms with van der Waals surface area (Å²) in [6.45, 7) is 1.75. The Hall–Kier alpha value is -0.390. The van der Waals surface area contributed by atoms with Gasteiger partial charge in [0, 0.05) is 18.4 Å². The lowest BCUT2D eigenvalue weighted by molar-refractivity contribution is 0.257. The van der Waals surface area contributed by atoms with E-state index in [9.17, 15) is 0 Å². The van der Waals surface area contributed by atoms with Crippen LogP contribution in [0.15, 0.2) is 16.9 Å². The Morgan fingerprint density at radius 1 is 1.47 bits per heavy atom. The van der Waals surface area contributed by atoms with Crippen molar-refractivity contribution in [2.45, 2.75) is 18.9 Å². The fourth-order valence-corrected chi connectivity index (χ4v) is 1.65. The zero-order chi connectivity index (χ0) is 9.80. The molecule has 1 aliphatic heterocycles. The van der Waals surface area contributed by atoms with Gasteiger partial charge in [0.2, 0.25) is 0 Å². The summed E-state index contributed by atoms with van der Waals surface area (Å²) in [7, 11) is 0. The Kier molecular flexibility index (Phi) is 5.28. The van der Waals surface area contributed by atoms with Crippen molar-refractivity contribution >= 4 is 28.3 Å². The summed E-state index contributed by atoms with van der Waals surface area (Å²) in [5.41, 5.74) is 0. The second-order valence-corrected chi connectivity index (χ2v) is 4.20. The summed E-state index contributed by atoms with van der Waals surface area (Å²) in [5.74, 6) is 0. The van der Waals surface area contributed by atoms with Crippen LogP contribution in [0.25, 0.3) is 0 Å². The van der Waals surface area contributed by atoms with E-state index in [4.69, 9.17) is 4.74 Å². The van der Waals surface area contributed by atoms with Gasteiger partial charge >= 0.3 is 6.01 Å². The molecule has 15 heavy (non-hydrogen) atoms. The summed E-state index contributed by atoms with van der Waals surface area (Å²) >= 11 is 3.27. The Morgan fingerprint density at radius 2 is 2.20 bits per heavy atom. The van der Waals surface area contributed by atoms with Gasteiger partial charge in [0.1, 0.15) is 6.61 Å². The van der Waals surface area contributed by atoms with E-state index in [0.717, 1.165) is 11.0 Å². The van der Waals surface area contributed by atoms with Crippen LogP contribution < -0.4 is 10.1 Å². The maximum atomic E-state index is 5.44. The molecule has 2 heterocycles. The molecule has 1 atom stereocenters. The molecule has 1 N–H and O–H groups in total. The average molecular weight is 295 g/mol. The van der Waals surface area contributed by atoms with Gasteiger partial charge in [-0.15, -0.1) is 12.4 Å². The van der Waals surface area contributed by atoms with Gasteiger partial charge in [-0.25, -0.2) is 9.97 Å². The van der Waals surface area contributed by atoms with E-state index in [-0.39, 0.29) is 12.4 Å². The Labute approximate surface area is 103 Å². The summed E-state index contributed by atoms with van der Waals surface area (Å²) < 4.78 is 6.30. The van der Waals surface area contributed by atoms with Gasteiger partial charge in [0.25, 0.3) is 0 Å². The number of nitrogens with one attached hydrogen (secondary N) is 1. The molecule has 0 aromatic carbocycles. The van der Waals surface area contributed by atoms with Crippen molar-refractivity contribution in [3.05, 3.63) is 16.9 Å². The standard InChI is InChI=1S/C9H12BrN3O.ClH/c10-7-4-12-9(13-5-7)14-6-8-2-1-3-11-8;/h4-5,8,11H,1-3,6H2;1H.